The number of fused-ring (bicyclic) bond motifs is 1. The Morgan fingerprint density at radius 2 is 1.82 bits per heavy atom. The molecule has 2 amide bonds. The first-order valence-corrected chi connectivity index (χ1v) is 13.9. The zero-order valence-electron chi connectivity index (χ0n) is 23.6. The quantitative estimate of drug-likeness (QED) is 0.263. The van der Waals surface area contributed by atoms with E-state index < -0.39 is 18.0 Å². The summed E-state index contributed by atoms with van der Waals surface area (Å²) in [7, 11) is 0. The molecule has 1 aromatic carbocycles. The number of hydrogen-bond donors (Lipinski definition) is 4. The number of aromatic nitrogens is 5. The minimum Gasteiger partial charge on any atom is -0.392 e. The lowest BCUT2D eigenvalue weighted by Gasteiger charge is -2.38. The highest BCUT2D eigenvalue weighted by Gasteiger charge is 2.37. The number of aromatic amines is 1. The Morgan fingerprint density at radius 1 is 1.07 bits per heavy atom. The standard InChI is InChI=1S/C28H30F3N9O3.ClH/c1-16-10-18(36-24-25-34-15-22(40(25)5-4-33-24)21-14-35-37-23(21)28(29,30)31)2-3-20(16)27(43)39-8-6-38(7-9-39)26(42)17-11-19(41)13-32-12-17;/h2-5,10,14-15,17,19,32,41H,6-9,11-13H2,1H3,(H,33,36)(H,35,37);1H. The van der Waals surface area contributed by atoms with E-state index in [0.29, 0.717) is 68.4 Å². The molecule has 4 aromatic rings. The van der Waals surface area contributed by atoms with Crippen molar-refractivity contribution >= 4 is 41.4 Å². The molecule has 16 heteroatoms. The Labute approximate surface area is 256 Å². The molecule has 2 aliphatic heterocycles. The van der Waals surface area contributed by atoms with Crippen molar-refractivity contribution in [2.24, 2.45) is 5.92 Å². The molecule has 0 saturated carbocycles. The number of piperidine rings is 1. The second-order valence-corrected chi connectivity index (χ2v) is 10.8. The summed E-state index contributed by atoms with van der Waals surface area (Å²) in [5, 5.41) is 21.7. The van der Waals surface area contributed by atoms with Crippen molar-refractivity contribution in [2.45, 2.75) is 25.6 Å². The number of alkyl halides is 3. The molecule has 2 saturated heterocycles. The van der Waals surface area contributed by atoms with Crippen LogP contribution in [0, 0.1) is 12.8 Å². The number of halogens is 4. The van der Waals surface area contributed by atoms with Crippen molar-refractivity contribution < 1.29 is 27.9 Å². The number of β-amino-alcohol motifs (C(OH)–C–C–N with tert-alkyl or cyclic N) is 1. The van der Waals surface area contributed by atoms with Gasteiger partial charge < -0.3 is 25.5 Å². The summed E-state index contributed by atoms with van der Waals surface area (Å²) in [4.78, 5) is 38.3. The normalized spacial score (nSPS) is 19.1. The molecule has 44 heavy (non-hydrogen) atoms. The molecule has 6 rings (SSSR count). The van der Waals surface area contributed by atoms with E-state index in [9.17, 15) is 27.9 Å². The second-order valence-electron chi connectivity index (χ2n) is 10.8. The number of anilines is 2. The molecule has 0 aliphatic carbocycles. The zero-order valence-corrected chi connectivity index (χ0v) is 24.5. The van der Waals surface area contributed by atoms with Gasteiger partial charge in [0, 0.05) is 62.9 Å². The van der Waals surface area contributed by atoms with Crippen LogP contribution >= 0.6 is 12.4 Å². The molecule has 234 valence electrons. The average molecular weight is 634 g/mol. The lowest BCUT2D eigenvalue weighted by atomic mass is 9.96. The number of H-pyrrole nitrogens is 1. The first kappa shape index (κ1) is 31.2. The number of aryl methyl sites for hydroxylation is 1. The van der Waals surface area contributed by atoms with Gasteiger partial charge >= 0.3 is 6.18 Å². The lowest BCUT2D eigenvalue weighted by Crippen LogP contribution is -2.54. The number of imidazole rings is 1. The molecule has 2 fully saturated rings. The Morgan fingerprint density at radius 3 is 2.52 bits per heavy atom. The topological polar surface area (TPSA) is 144 Å². The van der Waals surface area contributed by atoms with Crippen molar-refractivity contribution in [1.29, 1.82) is 0 Å². The molecule has 4 N–H and O–H groups in total. The first-order valence-electron chi connectivity index (χ1n) is 13.9. The number of rotatable bonds is 5. The minimum absolute atomic E-state index is 0. The predicted octanol–water partition coefficient (Wildman–Crippen LogP) is 2.87. The molecular weight excluding hydrogens is 603 g/mol. The summed E-state index contributed by atoms with van der Waals surface area (Å²) in [5.74, 6) is -0.0655. The van der Waals surface area contributed by atoms with Crippen LogP contribution < -0.4 is 10.6 Å². The third kappa shape index (κ3) is 6.07. The maximum Gasteiger partial charge on any atom is 0.433 e. The van der Waals surface area contributed by atoms with E-state index in [0.717, 1.165) is 11.8 Å². The number of piperazine rings is 1. The third-order valence-corrected chi connectivity index (χ3v) is 7.90. The zero-order chi connectivity index (χ0) is 30.3. The Hall–Kier alpha value is -4.21. The number of nitrogens with zero attached hydrogens (tertiary/aromatic N) is 6. The number of nitrogens with one attached hydrogen (secondary N) is 3. The van der Waals surface area contributed by atoms with Crippen LogP contribution in [0.25, 0.3) is 16.9 Å². The lowest BCUT2D eigenvalue weighted by molar-refractivity contribution is -0.140. The molecule has 0 radical (unpaired) electrons. The Balaban J connectivity index is 0.00000384. The van der Waals surface area contributed by atoms with E-state index in [1.54, 1.807) is 28.0 Å². The van der Waals surface area contributed by atoms with Gasteiger partial charge in [-0.3, -0.25) is 19.1 Å². The molecule has 5 heterocycles. The van der Waals surface area contributed by atoms with Crippen LogP contribution in [0.4, 0.5) is 24.7 Å². The minimum atomic E-state index is -4.61. The third-order valence-electron chi connectivity index (χ3n) is 7.90. The average Bonchev–Trinajstić information content (AvgIpc) is 3.65. The van der Waals surface area contributed by atoms with Crippen molar-refractivity contribution in [2.75, 3.05) is 44.6 Å². The SMILES string of the molecule is Cc1cc(Nc2nccn3c(-c4cn[nH]c4C(F)(F)F)cnc23)ccc1C(=O)N1CCN(C(=O)C2CNCC(O)C2)CC1.Cl. The van der Waals surface area contributed by atoms with Crippen LogP contribution in [-0.4, -0.2) is 96.7 Å². The molecule has 2 unspecified atom stereocenters. The summed E-state index contributed by atoms with van der Waals surface area (Å²) in [6, 6.07) is 5.24. The largest absolute Gasteiger partial charge is 0.433 e. The summed E-state index contributed by atoms with van der Waals surface area (Å²) in [6.45, 7) is 4.54. The van der Waals surface area contributed by atoms with Gasteiger partial charge in [-0.1, -0.05) is 0 Å². The molecule has 2 aliphatic rings. The number of benzene rings is 1. The number of aliphatic hydroxyl groups excluding tert-OH is 1. The van der Waals surface area contributed by atoms with E-state index in [1.165, 1.54) is 23.0 Å². The van der Waals surface area contributed by atoms with Gasteiger partial charge in [0.2, 0.25) is 5.91 Å². The number of amides is 2. The smallest absolute Gasteiger partial charge is 0.392 e. The summed E-state index contributed by atoms with van der Waals surface area (Å²) in [6.07, 6.45) is 0.721. The number of hydrogen-bond acceptors (Lipinski definition) is 8. The highest BCUT2D eigenvalue weighted by molar-refractivity contribution is 5.96. The number of carbonyl (C=O) groups excluding carboxylic acids is 2. The fraction of sp³-hybridized carbons (Fsp3) is 0.393. The highest BCUT2D eigenvalue weighted by Crippen LogP contribution is 2.36. The van der Waals surface area contributed by atoms with Gasteiger partial charge in [0.05, 0.1) is 35.7 Å². The van der Waals surface area contributed by atoms with E-state index in [1.807, 2.05) is 12.0 Å². The maximum absolute atomic E-state index is 13.4. The second kappa shape index (κ2) is 12.4. The van der Waals surface area contributed by atoms with Crippen molar-refractivity contribution in [3.8, 4) is 11.3 Å². The van der Waals surface area contributed by atoms with Crippen LogP contribution in [0.15, 0.2) is 43.0 Å². The summed E-state index contributed by atoms with van der Waals surface area (Å²) >= 11 is 0. The van der Waals surface area contributed by atoms with Gasteiger partial charge in [0.25, 0.3) is 5.91 Å². The fourth-order valence-electron chi connectivity index (χ4n) is 5.69. The van der Waals surface area contributed by atoms with E-state index in [4.69, 9.17) is 0 Å². The van der Waals surface area contributed by atoms with Gasteiger partial charge in [-0.2, -0.15) is 18.3 Å². The van der Waals surface area contributed by atoms with E-state index in [2.05, 4.69) is 25.7 Å². The molecular formula is C28H31ClF3N9O3. The number of aliphatic hydroxyl groups is 1. The van der Waals surface area contributed by atoms with Crippen LogP contribution in [0.3, 0.4) is 0 Å². The van der Waals surface area contributed by atoms with Gasteiger partial charge in [0.1, 0.15) is 5.69 Å². The highest BCUT2D eigenvalue weighted by atomic mass is 35.5. The van der Waals surface area contributed by atoms with Gasteiger partial charge in [-0.15, -0.1) is 12.4 Å². The predicted molar refractivity (Wildman–Crippen MR) is 157 cm³/mol. The first-order chi connectivity index (χ1) is 20.6. The van der Waals surface area contributed by atoms with Crippen LogP contribution in [0.5, 0.6) is 0 Å². The Kier molecular flexibility index (Phi) is 8.81. The van der Waals surface area contributed by atoms with E-state index >= 15 is 0 Å². The molecule has 0 bridgehead atoms. The van der Waals surface area contributed by atoms with Crippen LogP contribution in [0.1, 0.15) is 28.0 Å². The maximum atomic E-state index is 13.4. The van der Waals surface area contributed by atoms with Crippen molar-refractivity contribution in [3.63, 3.8) is 0 Å². The van der Waals surface area contributed by atoms with Gasteiger partial charge in [-0.25, -0.2) is 9.97 Å². The summed E-state index contributed by atoms with van der Waals surface area (Å²) < 4.78 is 41.8. The molecule has 2 atom stereocenters. The number of carbonyl (C=O) groups is 2. The van der Waals surface area contributed by atoms with Crippen LogP contribution in [-0.2, 0) is 11.0 Å². The Bertz CT molecular complexity index is 1670. The molecule has 12 nitrogen and oxygen atoms in total. The van der Waals surface area contributed by atoms with Gasteiger partial charge in [-0.05, 0) is 37.1 Å². The molecule has 0 spiro atoms. The van der Waals surface area contributed by atoms with Crippen molar-refractivity contribution in [1.82, 2.24) is 39.7 Å². The van der Waals surface area contributed by atoms with Gasteiger partial charge in [0.15, 0.2) is 11.5 Å². The van der Waals surface area contributed by atoms with Crippen molar-refractivity contribution in [3.05, 3.63) is 59.8 Å². The van der Waals surface area contributed by atoms with Crippen LogP contribution in [0.2, 0.25) is 0 Å². The monoisotopic (exact) mass is 633 g/mol. The van der Waals surface area contributed by atoms with E-state index in [-0.39, 0.29) is 41.4 Å². The summed E-state index contributed by atoms with van der Waals surface area (Å²) in [5.41, 5.74) is 1.29. The fourth-order valence-corrected chi connectivity index (χ4v) is 5.69. The molecule has 3 aromatic heterocycles.